The molecule has 0 aliphatic carbocycles. The van der Waals surface area contributed by atoms with Gasteiger partial charge in [-0.2, -0.15) is 0 Å². The second-order valence-electron chi connectivity index (χ2n) is 4.43. The Morgan fingerprint density at radius 2 is 2.06 bits per heavy atom. The number of hydrogen-bond acceptors (Lipinski definition) is 1. The number of likely N-dealkylation sites (tertiary alicyclic amines) is 1. The van der Waals surface area contributed by atoms with Gasteiger partial charge >= 0.3 is 6.03 Å². The largest absolute Gasteiger partial charge is 0.351 e. The minimum atomic E-state index is -0.298. The number of amides is 2. The number of carbonyl (C=O) groups excluding carboxylic acids is 1. The maximum Gasteiger partial charge on any atom is 0.315 e. The minimum absolute atomic E-state index is 0.202. The van der Waals surface area contributed by atoms with Crippen LogP contribution in [0.5, 0.6) is 0 Å². The SMILES string of the molecule is CC1C(c2ccccc2)CCCN1C(N)=O. The van der Waals surface area contributed by atoms with Crippen molar-refractivity contribution < 1.29 is 4.79 Å². The Morgan fingerprint density at radius 1 is 1.38 bits per heavy atom. The van der Waals surface area contributed by atoms with Gasteiger partial charge < -0.3 is 10.6 Å². The topological polar surface area (TPSA) is 46.3 Å². The smallest absolute Gasteiger partial charge is 0.315 e. The van der Waals surface area contributed by atoms with Crippen LogP contribution in [0, 0.1) is 0 Å². The highest BCUT2D eigenvalue weighted by Crippen LogP contribution is 2.31. The molecule has 0 spiro atoms. The third-order valence-electron chi connectivity index (χ3n) is 3.50. The number of nitrogens with two attached hydrogens (primary N) is 1. The molecule has 1 aromatic carbocycles. The van der Waals surface area contributed by atoms with Crippen LogP contribution in [0.15, 0.2) is 30.3 Å². The number of carbonyl (C=O) groups is 1. The summed E-state index contributed by atoms with van der Waals surface area (Å²) in [7, 11) is 0. The van der Waals surface area contributed by atoms with Gasteiger partial charge in [0.2, 0.25) is 0 Å². The van der Waals surface area contributed by atoms with E-state index in [9.17, 15) is 4.79 Å². The molecular formula is C13H18N2O. The van der Waals surface area contributed by atoms with Crippen molar-refractivity contribution in [2.45, 2.75) is 31.7 Å². The normalized spacial score (nSPS) is 25.4. The molecule has 2 rings (SSSR count). The van der Waals surface area contributed by atoms with Crippen LogP contribution in [-0.4, -0.2) is 23.5 Å². The highest BCUT2D eigenvalue weighted by molar-refractivity contribution is 5.72. The Bertz CT molecular complexity index is 363. The molecule has 16 heavy (non-hydrogen) atoms. The van der Waals surface area contributed by atoms with Gasteiger partial charge in [0, 0.05) is 18.5 Å². The van der Waals surface area contributed by atoms with Crippen molar-refractivity contribution in [3.8, 4) is 0 Å². The van der Waals surface area contributed by atoms with Gasteiger partial charge in [-0.15, -0.1) is 0 Å². The van der Waals surface area contributed by atoms with Crippen LogP contribution in [0.25, 0.3) is 0 Å². The minimum Gasteiger partial charge on any atom is -0.351 e. The first-order valence-corrected chi connectivity index (χ1v) is 5.81. The number of urea groups is 1. The second kappa shape index (κ2) is 4.56. The van der Waals surface area contributed by atoms with Crippen molar-refractivity contribution in [1.29, 1.82) is 0 Å². The molecule has 3 heteroatoms. The standard InChI is InChI=1S/C13H18N2O/c1-10-12(11-6-3-2-4-7-11)8-5-9-15(10)13(14)16/h2-4,6-7,10,12H,5,8-9H2,1H3,(H2,14,16). The Hall–Kier alpha value is -1.51. The molecule has 3 nitrogen and oxygen atoms in total. The lowest BCUT2D eigenvalue weighted by Crippen LogP contribution is -2.48. The van der Waals surface area contributed by atoms with E-state index < -0.39 is 0 Å². The van der Waals surface area contributed by atoms with Gasteiger partial charge in [-0.25, -0.2) is 4.79 Å². The zero-order chi connectivity index (χ0) is 11.5. The molecular weight excluding hydrogens is 200 g/mol. The van der Waals surface area contributed by atoms with Crippen LogP contribution in [-0.2, 0) is 0 Å². The van der Waals surface area contributed by atoms with Crippen molar-refractivity contribution in [2.75, 3.05) is 6.54 Å². The maximum absolute atomic E-state index is 11.3. The molecule has 1 fully saturated rings. The van der Waals surface area contributed by atoms with Crippen molar-refractivity contribution in [1.82, 2.24) is 4.90 Å². The van der Waals surface area contributed by atoms with Crippen LogP contribution >= 0.6 is 0 Å². The second-order valence-corrected chi connectivity index (χ2v) is 4.43. The lowest BCUT2D eigenvalue weighted by molar-refractivity contribution is 0.153. The highest BCUT2D eigenvalue weighted by atomic mass is 16.2. The summed E-state index contributed by atoms with van der Waals surface area (Å²) in [5.41, 5.74) is 6.69. The highest BCUT2D eigenvalue weighted by Gasteiger charge is 2.30. The average Bonchev–Trinajstić information content (AvgIpc) is 2.30. The summed E-state index contributed by atoms with van der Waals surface area (Å²) in [4.78, 5) is 13.1. The summed E-state index contributed by atoms with van der Waals surface area (Å²) >= 11 is 0. The van der Waals surface area contributed by atoms with Gasteiger partial charge in [-0.3, -0.25) is 0 Å². The van der Waals surface area contributed by atoms with Gasteiger partial charge in [0.1, 0.15) is 0 Å². The van der Waals surface area contributed by atoms with Crippen molar-refractivity contribution in [3.05, 3.63) is 35.9 Å². The zero-order valence-corrected chi connectivity index (χ0v) is 9.60. The molecule has 0 radical (unpaired) electrons. The van der Waals surface area contributed by atoms with Crippen LogP contribution in [0.2, 0.25) is 0 Å². The number of primary amides is 1. The Morgan fingerprint density at radius 3 is 2.69 bits per heavy atom. The number of benzene rings is 1. The van der Waals surface area contributed by atoms with E-state index in [0.717, 1.165) is 19.4 Å². The molecule has 0 aromatic heterocycles. The molecule has 1 aromatic rings. The summed E-state index contributed by atoms with van der Waals surface area (Å²) in [6, 6.07) is 10.3. The molecule has 1 aliphatic rings. The van der Waals surface area contributed by atoms with E-state index in [2.05, 4.69) is 19.1 Å². The predicted molar refractivity (Wildman–Crippen MR) is 64.2 cm³/mol. The van der Waals surface area contributed by atoms with Crippen LogP contribution in [0.4, 0.5) is 4.79 Å². The van der Waals surface area contributed by atoms with Crippen molar-refractivity contribution in [3.63, 3.8) is 0 Å². The van der Waals surface area contributed by atoms with Crippen molar-refractivity contribution in [2.24, 2.45) is 5.73 Å². The lowest BCUT2D eigenvalue weighted by Gasteiger charge is -2.38. The Kier molecular flexibility index (Phi) is 3.13. The molecule has 0 bridgehead atoms. The molecule has 1 aliphatic heterocycles. The maximum atomic E-state index is 11.3. The summed E-state index contributed by atoms with van der Waals surface area (Å²) in [5.74, 6) is 0.419. The Labute approximate surface area is 96.2 Å². The molecule has 2 unspecified atom stereocenters. The first-order valence-electron chi connectivity index (χ1n) is 5.81. The molecule has 86 valence electrons. The predicted octanol–water partition coefficient (Wildman–Crippen LogP) is 2.33. The average molecular weight is 218 g/mol. The van der Waals surface area contributed by atoms with E-state index in [0.29, 0.717) is 5.92 Å². The Balaban J connectivity index is 2.19. The number of hydrogen-bond donors (Lipinski definition) is 1. The van der Waals surface area contributed by atoms with Gasteiger partial charge in [0.15, 0.2) is 0 Å². The summed E-state index contributed by atoms with van der Waals surface area (Å²) < 4.78 is 0. The summed E-state index contributed by atoms with van der Waals surface area (Å²) in [6.07, 6.45) is 2.17. The number of nitrogens with zero attached hydrogens (tertiary/aromatic N) is 1. The van der Waals surface area contributed by atoms with Crippen LogP contribution in [0.1, 0.15) is 31.2 Å². The van der Waals surface area contributed by atoms with E-state index >= 15 is 0 Å². The molecule has 2 amide bonds. The first-order chi connectivity index (χ1) is 7.70. The first kappa shape index (κ1) is 11.0. The van der Waals surface area contributed by atoms with Crippen LogP contribution in [0.3, 0.4) is 0 Å². The van der Waals surface area contributed by atoms with Gasteiger partial charge in [0.05, 0.1) is 0 Å². The monoisotopic (exact) mass is 218 g/mol. The molecule has 2 atom stereocenters. The molecule has 0 saturated carbocycles. The van der Waals surface area contributed by atoms with E-state index in [1.807, 2.05) is 18.2 Å². The lowest BCUT2D eigenvalue weighted by atomic mass is 9.84. The quantitative estimate of drug-likeness (QED) is 0.772. The fourth-order valence-corrected chi connectivity index (χ4v) is 2.60. The van der Waals surface area contributed by atoms with Gasteiger partial charge in [0.25, 0.3) is 0 Å². The van der Waals surface area contributed by atoms with E-state index in [4.69, 9.17) is 5.73 Å². The summed E-state index contributed by atoms with van der Waals surface area (Å²) in [5, 5.41) is 0. The number of piperidine rings is 1. The van der Waals surface area contributed by atoms with Gasteiger partial charge in [-0.1, -0.05) is 30.3 Å². The van der Waals surface area contributed by atoms with E-state index in [1.54, 1.807) is 4.90 Å². The van der Waals surface area contributed by atoms with Gasteiger partial charge in [-0.05, 0) is 25.3 Å². The zero-order valence-electron chi connectivity index (χ0n) is 9.60. The fourth-order valence-electron chi connectivity index (χ4n) is 2.60. The van der Waals surface area contributed by atoms with E-state index in [1.165, 1.54) is 5.56 Å². The molecule has 1 heterocycles. The molecule has 2 N–H and O–H groups in total. The third kappa shape index (κ3) is 2.03. The fraction of sp³-hybridized carbons (Fsp3) is 0.462. The molecule has 1 saturated heterocycles. The number of rotatable bonds is 1. The third-order valence-corrected chi connectivity index (χ3v) is 3.50. The van der Waals surface area contributed by atoms with Crippen molar-refractivity contribution >= 4 is 6.03 Å². The van der Waals surface area contributed by atoms with Crippen LogP contribution < -0.4 is 5.73 Å². The summed E-state index contributed by atoms with van der Waals surface area (Å²) in [6.45, 7) is 2.88. The van der Waals surface area contributed by atoms with E-state index in [-0.39, 0.29) is 12.1 Å².